The zero-order chi connectivity index (χ0) is 12.1. The SMILES string of the molecule is N#CC=Cc1cnccc1-c1cccc(Br)c1. The molecule has 2 nitrogen and oxygen atoms in total. The smallest absolute Gasteiger partial charge is 0.0912 e. The number of aromatic nitrogens is 1. The van der Waals surface area contributed by atoms with Gasteiger partial charge in [-0.05, 0) is 35.4 Å². The Bertz CT molecular complexity index is 597. The molecule has 0 saturated carbocycles. The number of benzene rings is 1. The largest absolute Gasteiger partial charge is 0.264 e. The van der Waals surface area contributed by atoms with Crippen LogP contribution < -0.4 is 0 Å². The Balaban J connectivity index is 2.52. The third-order valence-corrected chi connectivity index (χ3v) is 2.82. The fourth-order valence-electron chi connectivity index (χ4n) is 1.59. The summed E-state index contributed by atoms with van der Waals surface area (Å²) in [5.41, 5.74) is 3.10. The topological polar surface area (TPSA) is 36.7 Å². The van der Waals surface area contributed by atoms with Crippen LogP contribution in [-0.4, -0.2) is 4.98 Å². The third-order valence-electron chi connectivity index (χ3n) is 2.32. The highest BCUT2D eigenvalue weighted by Crippen LogP contribution is 2.26. The van der Waals surface area contributed by atoms with E-state index in [4.69, 9.17) is 5.26 Å². The molecule has 82 valence electrons. The van der Waals surface area contributed by atoms with E-state index in [2.05, 4.69) is 20.9 Å². The average Bonchev–Trinajstić information content (AvgIpc) is 2.37. The fourth-order valence-corrected chi connectivity index (χ4v) is 1.98. The number of pyridine rings is 1. The van der Waals surface area contributed by atoms with E-state index in [1.165, 1.54) is 6.08 Å². The van der Waals surface area contributed by atoms with Crippen LogP contribution in [0.5, 0.6) is 0 Å². The minimum absolute atomic E-state index is 0.937. The maximum Gasteiger partial charge on any atom is 0.0912 e. The lowest BCUT2D eigenvalue weighted by Gasteiger charge is -2.05. The van der Waals surface area contributed by atoms with Crippen LogP contribution >= 0.6 is 15.9 Å². The molecule has 0 saturated heterocycles. The van der Waals surface area contributed by atoms with Crippen molar-refractivity contribution in [2.24, 2.45) is 0 Å². The van der Waals surface area contributed by atoms with Gasteiger partial charge in [-0.1, -0.05) is 28.1 Å². The first kappa shape index (κ1) is 11.6. The van der Waals surface area contributed by atoms with E-state index in [1.54, 1.807) is 18.5 Å². The van der Waals surface area contributed by atoms with Crippen molar-refractivity contribution in [2.45, 2.75) is 0 Å². The molecule has 1 aromatic heterocycles. The van der Waals surface area contributed by atoms with Crippen molar-refractivity contribution in [3.8, 4) is 17.2 Å². The number of halogens is 1. The van der Waals surface area contributed by atoms with Crippen molar-refractivity contribution >= 4 is 22.0 Å². The number of nitriles is 1. The van der Waals surface area contributed by atoms with Gasteiger partial charge in [-0.2, -0.15) is 5.26 Å². The molecule has 0 aliphatic heterocycles. The van der Waals surface area contributed by atoms with Crippen LogP contribution in [0.3, 0.4) is 0 Å². The molecule has 0 radical (unpaired) electrons. The zero-order valence-electron chi connectivity index (χ0n) is 8.97. The Morgan fingerprint density at radius 1 is 1.29 bits per heavy atom. The Morgan fingerprint density at radius 2 is 2.18 bits per heavy atom. The molecule has 0 fully saturated rings. The Kier molecular flexibility index (Phi) is 3.69. The van der Waals surface area contributed by atoms with Crippen LogP contribution in [0, 0.1) is 11.3 Å². The van der Waals surface area contributed by atoms with Crippen molar-refractivity contribution in [2.75, 3.05) is 0 Å². The quantitative estimate of drug-likeness (QED) is 0.780. The second-order valence-electron chi connectivity index (χ2n) is 3.44. The van der Waals surface area contributed by atoms with Gasteiger partial charge in [0.1, 0.15) is 0 Å². The van der Waals surface area contributed by atoms with Crippen molar-refractivity contribution in [1.29, 1.82) is 5.26 Å². The maximum atomic E-state index is 8.57. The second-order valence-corrected chi connectivity index (χ2v) is 4.35. The van der Waals surface area contributed by atoms with E-state index in [-0.39, 0.29) is 0 Å². The van der Waals surface area contributed by atoms with Crippen molar-refractivity contribution in [3.05, 3.63) is 58.8 Å². The Morgan fingerprint density at radius 3 is 2.94 bits per heavy atom. The van der Waals surface area contributed by atoms with Gasteiger partial charge in [0, 0.05) is 28.5 Å². The van der Waals surface area contributed by atoms with Gasteiger partial charge in [0.05, 0.1) is 6.07 Å². The van der Waals surface area contributed by atoms with Crippen LogP contribution in [-0.2, 0) is 0 Å². The van der Waals surface area contributed by atoms with Gasteiger partial charge >= 0.3 is 0 Å². The van der Waals surface area contributed by atoms with Gasteiger partial charge in [0.25, 0.3) is 0 Å². The van der Waals surface area contributed by atoms with Crippen LogP contribution in [0.2, 0.25) is 0 Å². The summed E-state index contributed by atoms with van der Waals surface area (Å²) >= 11 is 3.45. The highest BCUT2D eigenvalue weighted by Gasteiger charge is 2.02. The number of allylic oxidation sites excluding steroid dienone is 1. The van der Waals surface area contributed by atoms with Crippen molar-refractivity contribution < 1.29 is 0 Å². The minimum Gasteiger partial charge on any atom is -0.264 e. The molecule has 0 bridgehead atoms. The lowest BCUT2D eigenvalue weighted by molar-refractivity contribution is 1.32. The average molecular weight is 285 g/mol. The van der Waals surface area contributed by atoms with Crippen LogP contribution in [0.1, 0.15) is 5.56 Å². The summed E-state index contributed by atoms with van der Waals surface area (Å²) in [6.45, 7) is 0. The van der Waals surface area contributed by atoms with E-state index >= 15 is 0 Å². The summed E-state index contributed by atoms with van der Waals surface area (Å²) < 4.78 is 1.03. The standard InChI is InChI=1S/C14H9BrN2/c15-13-5-1-3-11(9-13)14-6-8-17-10-12(14)4-2-7-16/h1-6,8-10H. The van der Waals surface area contributed by atoms with Crippen LogP contribution in [0.15, 0.2) is 53.3 Å². The molecule has 1 aromatic carbocycles. The van der Waals surface area contributed by atoms with E-state index in [9.17, 15) is 0 Å². The van der Waals surface area contributed by atoms with Gasteiger partial charge < -0.3 is 0 Å². The number of hydrogen-bond donors (Lipinski definition) is 0. The molecule has 2 aromatic rings. The highest BCUT2D eigenvalue weighted by atomic mass is 79.9. The summed E-state index contributed by atoms with van der Waals surface area (Å²) in [7, 11) is 0. The van der Waals surface area contributed by atoms with E-state index in [0.29, 0.717) is 0 Å². The summed E-state index contributed by atoms with van der Waals surface area (Å²) in [5, 5.41) is 8.57. The van der Waals surface area contributed by atoms with Crippen LogP contribution in [0.4, 0.5) is 0 Å². The molecular formula is C14H9BrN2. The van der Waals surface area contributed by atoms with E-state index in [0.717, 1.165) is 21.2 Å². The fraction of sp³-hybridized carbons (Fsp3) is 0. The Labute approximate surface area is 108 Å². The monoisotopic (exact) mass is 284 g/mol. The molecular weight excluding hydrogens is 276 g/mol. The molecule has 1 heterocycles. The van der Waals surface area contributed by atoms with Gasteiger partial charge in [-0.25, -0.2) is 0 Å². The number of hydrogen-bond acceptors (Lipinski definition) is 2. The van der Waals surface area contributed by atoms with Crippen molar-refractivity contribution in [1.82, 2.24) is 4.98 Å². The van der Waals surface area contributed by atoms with Crippen molar-refractivity contribution in [3.63, 3.8) is 0 Å². The second kappa shape index (κ2) is 5.42. The predicted octanol–water partition coefficient (Wildman–Crippen LogP) is 4.05. The molecule has 0 N–H and O–H groups in total. The predicted molar refractivity (Wildman–Crippen MR) is 72.0 cm³/mol. The molecule has 0 atom stereocenters. The van der Waals surface area contributed by atoms with Gasteiger partial charge in [-0.15, -0.1) is 0 Å². The molecule has 3 heteroatoms. The Hall–Kier alpha value is -1.92. The summed E-state index contributed by atoms with van der Waals surface area (Å²) in [6, 6.07) is 12.0. The zero-order valence-corrected chi connectivity index (χ0v) is 10.6. The summed E-state index contributed by atoms with van der Waals surface area (Å²) in [6.07, 6.45) is 6.73. The minimum atomic E-state index is 0.937. The van der Waals surface area contributed by atoms with Crippen LogP contribution in [0.25, 0.3) is 17.2 Å². The number of rotatable bonds is 2. The normalized spacial score (nSPS) is 10.4. The molecule has 0 aliphatic rings. The molecule has 0 unspecified atom stereocenters. The van der Waals surface area contributed by atoms with Gasteiger partial charge in [0.2, 0.25) is 0 Å². The highest BCUT2D eigenvalue weighted by molar-refractivity contribution is 9.10. The molecule has 0 spiro atoms. The molecule has 2 rings (SSSR count). The van der Waals surface area contributed by atoms with E-state index in [1.807, 2.05) is 36.4 Å². The molecule has 0 aliphatic carbocycles. The summed E-state index contributed by atoms with van der Waals surface area (Å²) in [5.74, 6) is 0. The third kappa shape index (κ3) is 2.80. The molecule has 0 amide bonds. The van der Waals surface area contributed by atoms with Gasteiger partial charge in [-0.3, -0.25) is 4.98 Å². The first-order chi connectivity index (χ1) is 8.31. The van der Waals surface area contributed by atoms with Gasteiger partial charge in [0.15, 0.2) is 0 Å². The lowest BCUT2D eigenvalue weighted by Crippen LogP contribution is -1.84. The first-order valence-electron chi connectivity index (χ1n) is 5.07. The maximum absolute atomic E-state index is 8.57. The lowest BCUT2D eigenvalue weighted by atomic mass is 10.0. The van der Waals surface area contributed by atoms with E-state index < -0.39 is 0 Å². The first-order valence-corrected chi connectivity index (χ1v) is 5.86. The number of nitrogens with zero attached hydrogens (tertiary/aromatic N) is 2. The molecule has 17 heavy (non-hydrogen) atoms. The summed E-state index contributed by atoms with van der Waals surface area (Å²) in [4.78, 5) is 4.07.